The first-order valence-electron chi connectivity index (χ1n) is 12.8. The number of carbonyl (C=O) groups excluding carboxylic acids is 3. The van der Waals surface area contributed by atoms with Crippen molar-refractivity contribution in [1.29, 1.82) is 0 Å². The van der Waals surface area contributed by atoms with Gasteiger partial charge in [-0.1, -0.05) is 52.0 Å². The third-order valence-electron chi connectivity index (χ3n) is 5.68. The SMILES string of the molecule is CCNC(=O)NS(=O)(=O)c1sc(CC(C)C)cc1-c1ccc(CN(C(C)=O)C(C(=O)OCC)C(C)C)cc1. The monoisotopic (exact) mass is 565 g/mol. The van der Waals surface area contributed by atoms with Crippen molar-refractivity contribution in [3.63, 3.8) is 0 Å². The molecule has 0 bridgehead atoms. The van der Waals surface area contributed by atoms with Crippen LogP contribution in [0.1, 0.15) is 58.9 Å². The Morgan fingerprint density at radius 1 is 1.05 bits per heavy atom. The Hall–Kier alpha value is -2.92. The number of hydrogen-bond donors (Lipinski definition) is 2. The number of ether oxygens (including phenoxy) is 1. The van der Waals surface area contributed by atoms with Gasteiger partial charge in [-0.3, -0.25) is 4.79 Å². The molecule has 0 aliphatic heterocycles. The van der Waals surface area contributed by atoms with Crippen molar-refractivity contribution in [1.82, 2.24) is 14.9 Å². The van der Waals surface area contributed by atoms with Gasteiger partial charge in [0, 0.05) is 30.5 Å². The van der Waals surface area contributed by atoms with Crippen molar-refractivity contribution >= 4 is 39.3 Å². The van der Waals surface area contributed by atoms with Gasteiger partial charge in [0.1, 0.15) is 10.3 Å². The lowest BCUT2D eigenvalue weighted by Crippen LogP contribution is -2.47. The minimum Gasteiger partial charge on any atom is -0.464 e. The first-order chi connectivity index (χ1) is 17.8. The number of carbonyl (C=O) groups is 3. The zero-order chi connectivity index (χ0) is 28.6. The Labute approximate surface area is 230 Å². The molecule has 1 aromatic carbocycles. The number of thiophene rings is 1. The van der Waals surface area contributed by atoms with Crippen LogP contribution in [0.5, 0.6) is 0 Å². The number of rotatable bonds is 12. The zero-order valence-corrected chi connectivity index (χ0v) is 24.8. The average Bonchev–Trinajstić information content (AvgIpc) is 3.23. The summed E-state index contributed by atoms with van der Waals surface area (Å²) in [7, 11) is -4.10. The summed E-state index contributed by atoms with van der Waals surface area (Å²) in [6, 6.07) is 7.54. The third-order valence-corrected chi connectivity index (χ3v) is 8.71. The summed E-state index contributed by atoms with van der Waals surface area (Å²) >= 11 is 1.15. The normalized spacial score (nSPS) is 12.3. The van der Waals surface area contributed by atoms with E-state index in [2.05, 4.69) is 23.9 Å². The molecule has 0 spiro atoms. The molecule has 1 atom stereocenters. The van der Waals surface area contributed by atoms with Gasteiger partial charge in [0.05, 0.1) is 6.61 Å². The minimum absolute atomic E-state index is 0.0692. The Bertz CT molecular complexity index is 1220. The van der Waals surface area contributed by atoms with Crippen LogP contribution in [-0.2, 0) is 37.3 Å². The highest BCUT2D eigenvalue weighted by molar-refractivity contribution is 7.92. The molecular formula is C27H39N3O6S2. The Morgan fingerprint density at radius 3 is 2.18 bits per heavy atom. The van der Waals surface area contributed by atoms with Gasteiger partial charge in [-0.15, -0.1) is 11.3 Å². The van der Waals surface area contributed by atoms with E-state index >= 15 is 0 Å². The predicted octanol–water partition coefficient (Wildman–Crippen LogP) is 4.56. The third kappa shape index (κ3) is 8.29. The summed E-state index contributed by atoms with van der Waals surface area (Å²) in [6.45, 7) is 13.4. The van der Waals surface area contributed by atoms with E-state index in [1.807, 2.05) is 19.9 Å². The van der Waals surface area contributed by atoms with Crippen molar-refractivity contribution in [2.24, 2.45) is 11.8 Å². The van der Waals surface area contributed by atoms with E-state index in [0.29, 0.717) is 30.0 Å². The van der Waals surface area contributed by atoms with Crippen LogP contribution in [0.15, 0.2) is 34.5 Å². The van der Waals surface area contributed by atoms with Crippen molar-refractivity contribution in [2.75, 3.05) is 13.2 Å². The van der Waals surface area contributed by atoms with Crippen LogP contribution < -0.4 is 10.0 Å². The Balaban J connectivity index is 2.43. The number of hydrogen-bond acceptors (Lipinski definition) is 7. The van der Waals surface area contributed by atoms with Crippen LogP contribution in [0, 0.1) is 11.8 Å². The molecule has 3 amide bonds. The van der Waals surface area contributed by atoms with Crippen molar-refractivity contribution in [2.45, 2.75) is 71.7 Å². The minimum atomic E-state index is -4.10. The van der Waals surface area contributed by atoms with Crippen LogP contribution in [0.2, 0.25) is 0 Å². The summed E-state index contributed by atoms with van der Waals surface area (Å²) in [5, 5.41) is 2.45. The first-order valence-corrected chi connectivity index (χ1v) is 15.1. The Morgan fingerprint density at radius 2 is 1.68 bits per heavy atom. The summed E-state index contributed by atoms with van der Waals surface area (Å²) < 4.78 is 33.6. The topological polar surface area (TPSA) is 122 Å². The molecule has 9 nitrogen and oxygen atoms in total. The van der Waals surface area contributed by atoms with E-state index < -0.39 is 28.1 Å². The fraction of sp³-hybridized carbons (Fsp3) is 0.519. The van der Waals surface area contributed by atoms with E-state index in [-0.39, 0.29) is 29.2 Å². The molecule has 2 aromatic rings. The second-order valence-electron chi connectivity index (χ2n) is 9.76. The van der Waals surface area contributed by atoms with Crippen LogP contribution in [0.25, 0.3) is 11.1 Å². The van der Waals surface area contributed by atoms with Crippen LogP contribution >= 0.6 is 11.3 Å². The van der Waals surface area contributed by atoms with Gasteiger partial charge in [-0.05, 0) is 49.3 Å². The van der Waals surface area contributed by atoms with Gasteiger partial charge in [-0.25, -0.2) is 22.7 Å². The summed E-state index contributed by atoms with van der Waals surface area (Å²) in [5.74, 6) is -0.518. The highest BCUT2D eigenvalue weighted by Gasteiger charge is 2.32. The van der Waals surface area contributed by atoms with Gasteiger partial charge in [-0.2, -0.15) is 0 Å². The summed E-state index contributed by atoms with van der Waals surface area (Å²) in [4.78, 5) is 39.5. The molecule has 0 saturated heterocycles. The second kappa shape index (κ2) is 13.7. The maximum Gasteiger partial charge on any atom is 0.329 e. The molecule has 38 heavy (non-hydrogen) atoms. The van der Waals surface area contributed by atoms with Gasteiger partial charge >= 0.3 is 12.0 Å². The number of esters is 1. The molecule has 0 aliphatic rings. The van der Waals surface area contributed by atoms with E-state index in [0.717, 1.165) is 21.8 Å². The average molecular weight is 566 g/mol. The van der Waals surface area contributed by atoms with Crippen LogP contribution in [0.4, 0.5) is 4.79 Å². The largest absolute Gasteiger partial charge is 0.464 e. The van der Waals surface area contributed by atoms with Gasteiger partial charge < -0.3 is 15.0 Å². The maximum atomic E-state index is 13.1. The molecule has 2 rings (SSSR count). The maximum absolute atomic E-state index is 13.1. The summed E-state index contributed by atoms with van der Waals surface area (Å²) in [5.41, 5.74) is 1.95. The number of urea groups is 1. The highest BCUT2D eigenvalue weighted by Crippen LogP contribution is 2.36. The number of sulfonamides is 1. The standard InChI is InChI=1S/C27H39N3O6S2/c1-8-28-27(33)29-38(34,35)26-23(15-22(37-26)14-17(3)4)21-12-10-20(11-13-21)16-30(19(7)31)24(18(5)6)25(32)36-9-2/h10-13,15,17-18,24H,8-9,14,16H2,1-7H3,(H2,28,29,33). The predicted molar refractivity (Wildman–Crippen MR) is 149 cm³/mol. The number of nitrogens with zero attached hydrogens (tertiary/aromatic N) is 1. The number of amides is 3. The van der Waals surface area contributed by atoms with Gasteiger partial charge in [0.25, 0.3) is 10.0 Å². The molecule has 0 fully saturated rings. The van der Waals surface area contributed by atoms with E-state index in [1.54, 1.807) is 38.1 Å². The molecule has 210 valence electrons. The number of nitrogens with one attached hydrogen (secondary N) is 2. The summed E-state index contributed by atoms with van der Waals surface area (Å²) in [6.07, 6.45) is 0.699. The molecule has 11 heteroatoms. The lowest BCUT2D eigenvalue weighted by molar-refractivity contribution is -0.156. The van der Waals surface area contributed by atoms with E-state index in [4.69, 9.17) is 4.74 Å². The fourth-order valence-electron chi connectivity index (χ4n) is 4.07. The van der Waals surface area contributed by atoms with Crippen molar-refractivity contribution in [3.05, 3.63) is 40.8 Å². The van der Waals surface area contributed by atoms with Gasteiger partial charge in [0.2, 0.25) is 5.91 Å². The molecule has 0 aliphatic carbocycles. The lowest BCUT2D eigenvalue weighted by atomic mass is 10.0. The van der Waals surface area contributed by atoms with Crippen molar-refractivity contribution < 1.29 is 27.5 Å². The molecule has 2 N–H and O–H groups in total. The quantitative estimate of drug-likeness (QED) is 0.364. The molecule has 1 unspecified atom stereocenters. The van der Waals surface area contributed by atoms with Crippen molar-refractivity contribution in [3.8, 4) is 11.1 Å². The first kappa shape index (κ1) is 31.3. The lowest BCUT2D eigenvalue weighted by Gasteiger charge is -2.32. The molecule has 0 saturated carbocycles. The molecule has 0 radical (unpaired) electrons. The fourth-order valence-corrected chi connectivity index (χ4v) is 6.95. The van der Waals surface area contributed by atoms with E-state index in [9.17, 15) is 22.8 Å². The van der Waals surface area contributed by atoms with E-state index in [1.165, 1.54) is 11.8 Å². The number of benzene rings is 1. The molecule has 1 aromatic heterocycles. The van der Waals surface area contributed by atoms with Crippen LogP contribution in [0.3, 0.4) is 0 Å². The highest BCUT2D eigenvalue weighted by atomic mass is 32.2. The zero-order valence-electron chi connectivity index (χ0n) is 23.2. The smallest absolute Gasteiger partial charge is 0.329 e. The van der Waals surface area contributed by atoms with Gasteiger partial charge in [0.15, 0.2) is 0 Å². The Kier molecular flexibility index (Phi) is 11.3. The second-order valence-corrected chi connectivity index (χ2v) is 12.8. The molecule has 1 heterocycles. The van der Waals surface area contributed by atoms with Crippen LogP contribution in [-0.4, -0.2) is 50.4 Å². The molecular weight excluding hydrogens is 526 g/mol.